The number of rotatable bonds is 6. The van der Waals surface area contributed by atoms with Crippen LogP contribution in [-0.2, 0) is 14.3 Å². The molecule has 1 saturated heterocycles. The lowest BCUT2D eigenvalue weighted by atomic mass is 9.85. The molecule has 0 radical (unpaired) electrons. The smallest absolute Gasteiger partial charge is 0.303 e. The van der Waals surface area contributed by atoms with Crippen LogP contribution >= 0.6 is 0 Å². The van der Waals surface area contributed by atoms with Gasteiger partial charge in [-0.3, -0.25) is 9.59 Å². The summed E-state index contributed by atoms with van der Waals surface area (Å²) in [5.74, 6) is -0.820. The summed E-state index contributed by atoms with van der Waals surface area (Å²) in [7, 11) is 0. The molecule has 1 atom stereocenters. The van der Waals surface area contributed by atoms with Crippen molar-refractivity contribution < 1.29 is 19.4 Å². The first-order chi connectivity index (χ1) is 8.84. The summed E-state index contributed by atoms with van der Waals surface area (Å²) in [6.45, 7) is 7.65. The predicted molar refractivity (Wildman–Crippen MR) is 71.9 cm³/mol. The molecular weight excluding hydrogens is 246 g/mol. The fourth-order valence-corrected chi connectivity index (χ4v) is 2.53. The van der Waals surface area contributed by atoms with Gasteiger partial charge < -0.3 is 14.7 Å². The van der Waals surface area contributed by atoms with E-state index in [1.807, 2.05) is 25.7 Å². The molecule has 0 spiro atoms. The van der Waals surface area contributed by atoms with Gasteiger partial charge >= 0.3 is 5.97 Å². The van der Waals surface area contributed by atoms with Crippen LogP contribution in [0, 0.1) is 5.41 Å². The lowest BCUT2D eigenvalue weighted by Gasteiger charge is -2.34. The van der Waals surface area contributed by atoms with Gasteiger partial charge in [-0.25, -0.2) is 0 Å². The summed E-state index contributed by atoms with van der Waals surface area (Å²) < 4.78 is 5.57. The number of nitrogens with zero attached hydrogens (tertiary/aromatic N) is 1. The van der Waals surface area contributed by atoms with E-state index in [1.54, 1.807) is 0 Å². The number of hydrogen-bond acceptors (Lipinski definition) is 3. The minimum Gasteiger partial charge on any atom is -0.481 e. The fourth-order valence-electron chi connectivity index (χ4n) is 2.53. The van der Waals surface area contributed by atoms with Crippen molar-refractivity contribution in [3.05, 3.63) is 0 Å². The van der Waals surface area contributed by atoms with Crippen molar-refractivity contribution >= 4 is 11.9 Å². The second-order valence-electron chi connectivity index (χ2n) is 5.97. The highest BCUT2D eigenvalue weighted by Crippen LogP contribution is 2.27. The molecule has 1 heterocycles. The third-order valence-electron chi connectivity index (χ3n) is 3.39. The van der Waals surface area contributed by atoms with Crippen molar-refractivity contribution in [2.45, 2.75) is 52.6 Å². The van der Waals surface area contributed by atoms with Gasteiger partial charge in [-0.2, -0.15) is 0 Å². The minimum absolute atomic E-state index is 0.0153. The molecule has 1 rings (SSSR count). The molecule has 5 nitrogen and oxygen atoms in total. The molecule has 1 fully saturated rings. The van der Waals surface area contributed by atoms with Crippen molar-refractivity contribution in [1.82, 2.24) is 4.90 Å². The van der Waals surface area contributed by atoms with E-state index in [-0.39, 0.29) is 24.9 Å². The second-order valence-corrected chi connectivity index (χ2v) is 5.97. The first-order valence-corrected chi connectivity index (χ1v) is 6.95. The van der Waals surface area contributed by atoms with E-state index in [2.05, 4.69) is 0 Å². The molecule has 0 aromatic heterocycles. The summed E-state index contributed by atoms with van der Waals surface area (Å²) in [6.07, 6.45) is 2.37. The molecule has 0 aliphatic carbocycles. The average Bonchev–Trinajstić information content (AvgIpc) is 2.27. The molecular formula is C14H25NO4. The fraction of sp³-hybridized carbons (Fsp3) is 0.857. The number of likely N-dealkylation sites (tertiary alicyclic amines) is 1. The van der Waals surface area contributed by atoms with Crippen LogP contribution in [0.1, 0.15) is 46.5 Å². The molecule has 110 valence electrons. The quantitative estimate of drug-likeness (QED) is 0.801. The number of piperidine rings is 1. The molecule has 0 aromatic carbocycles. The van der Waals surface area contributed by atoms with Gasteiger partial charge in [0.1, 0.15) is 0 Å². The SMILES string of the molecule is CCOC1CCCN(C(=O)CC(C)(C)CC(=O)O)C1. The Hall–Kier alpha value is -1.10. The van der Waals surface area contributed by atoms with E-state index in [0.29, 0.717) is 13.2 Å². The van der Waals surface area contributed by atoms with Crippen LogP contribution in [0.5, 0.6) is 0 Å². The van der Waals surface area contributed by atoms with Gasteiger partial charge in [0.2, 0.25) is 5.91 Å². The summed E-state index contributed by atoms with van der Waals surface area (Å²) in [4.78, 5) is 24.8. The standard InChI is InChI=1S/C14H25NO4/c1-4-19-11-6-5-7-15(10-11)12(16)8-14(2,3)9-13(17)18/h11H,4-10H2,1-3H3,(H,17,18). The van der Waals surface area contributed by atoms with Crippen LogP contribution in [-0.4, -0.2) is 47.7 Å². The Morgan fingerprint density at radius 3 is 2.63 bits per heavy atom. The van der Waals surface area contributed by atoms with E-state index in [1.165, 1.54) is 0 Å². The van der Waals surface area contributed by atoms with Crippen molar-refractivity contribution in [3.8, 4) is 0 Å². The average molecular weight is 271 g/mol. The van der Waals surface area contributed by atoms with E-state index >= 15 is 0 Å². The summed E-state index contributed by atoms with van der Waals surface area (Å²) in [6, 6.07) is 0. The topological polar surface area (TPSA) is 66.8 Å². The monoisotopic (exact) mass is 271 g/mol. The molecule has 0 bridgehead atoms. The molecule has 19 heavy (non-hydrogen) atoms. The van der Waals surface area contributed by atoms with E-state index < -0.39 is 11.4 Å². The van der Waals surface area contributed by atoms with Crippen molar-refractivity contribution in [1.29, 1.82) is 0 Å². The zero-order chi connectivity index (χ0) is 14.5. The van der Waals surface area contributed by atoms with Gasteiger partial charge in [0.15, 0.2) is 0 Å². The number of carbonyl (C=O) groups excluding carboxylic acids is 1. The van der Waals surface area contributed by atoms with Crippen LogP contribution < -0.4 is 0 Å². The molecule has 0 aromatic rings. The lowest BCUT2D eigenvalue weighted by molar-refractivity contribution is -0.141. The molecule has 1 aliphatic heterocycles. The van der Waals surface area contributed by atoms with Crippen molar-refractivity contribution in [3.63, 3.8) is 0 Å². The Bertz CT molecular complexity index is 325. The van der Waals surface area contributed by atoms with Crippen LogP contribution in [0.3, 0.4) is 0 Å². The summed E-state index contributed by atoms with van der Waals surface area (Å²) in [5.41, 5.74) is -0.499. The second kappa shape index (κ2) is 6.89. The Morgan fingerprint density at radius 2 is 2.05 bits per heavy atom. The van der Waals surface area contributed by atoms with Gasteiger partial charge in [-0.15, -0.1) is 0 Å². The highest BCUT2D eigenvalue weighted by Gasteiger charge is 2.30. The van der Waals surface area contributed by atoms with Gasteiger partial charge in [0.05, 0.1) is 12.5 Å². The van der Waals surface area contributed by atoms with Crippen LogP contribution in [0.4, 0.5) is 0 Å². The first kappa shape index (κ1) is 16.0. The molecule has 0 saturated carbocycles. The van der Waals surface area contributed by atoms with Crippen LogP contribution in [0.25, 0.3) is 0 Å². The van der Waals surface area contributed by atoms with E-state index in [4.69, 9.17) is 9.84 Å². The summed E-state index contributed by atoms with van der Waals surface area (Å²) in [5, 5.41) is 8.84. The number of aliphatic carboxylic acids is 1. The number of ether oxygens (including phenoxy) is 1. The van der Waals surface area contributed by atoms with Crippen molar-refractivity contribution in [2.24, 2.45) is 5.41 Å². The zero-order valence-corrected chi connectivity index (χ0v) is 12.1. The predicted octanol–water partition coefficient (Wildman–Crippen LogP) is 1.90. The summed E-state index contributed by atoms with van der Waals surface area (Å²) >= 11 is 0. The van der Waals surface area contributed by atoms with Gasteiger partial charge in [0, 0.05) is 26.1 Å². The van der Waals surface area contributed by atoms with Gasteiger partial charge in [0.25, 0.3) is 0 Å². The maximum Gasteiger partial charge on any atom is 0.303 e. The first-order valence-electron chi connectivity index (χ1n) is 6.95. The third-order valence-corrected chi connectivity index (χ3v) is 3.39. The Labute approximate surface area is 114 Å². The molecule has 1 N–H and O–H groups in total. The Balaban J connectivity index is 2.50. The molecule has 1 aliphatic rings. The van der Waals surface area contributed by atoms with Gasteiger partial charge in [-0.05, 0) is 25.2 Å². The number of carboxylic acids is 1. The maximum atomic E-state index is 12.2. The Morgan fingerprint density at radius 1 is 1.37 bits per heavy atom. The lowest BCUT2D eigenvalue weighted by Crippen LogP contribution is -2.44. The molecule has 5 heteroatoms. The largest absolute Gasteiger partial charge is 0.481 e. The molecule has 1 amide bonds. The molecule has 1 unspecified atom stereocenters. The number of hydrogen-bond donors (Lipinski definition) is 1. The maximum absolute atomic E-state index is 12.2. The van der Waals surface area contributed by atoms with Crippen molar-refractivity contribution in [2.75, 3.05) is 19.7 Å². The third kappa shape index (κ3) is 5.59. The minimum atomic E-state index is -0.858. The zero-order valence-electron chi connectivity index (χ0n) is 12.1. The Kier molecular flexibility index (Phi) is 5.79. The van der Waals surface area contributed by atoms with E-state index in [0.717, 1.165) is 19.4 Å². The highest BCUT2D eigenvalue weighted by atomic mass is 16.5. The van der Waals surface area contributed by atoms with Gasteiger partial charge in [-0.1, -0.05) is 13.8 Å². The number of amides is 1. The van der Waals surface area contributed by atoms with Crippen LogP contribution in [0.2, 0.25) is 0 Å². The normalized spacial score (nSPS) is 20.4. The van der Waals surface area contributed by atoms with E-state index in [9.17, 15) is 9.59 Å². The van der Waals surface area contributed by atoms with Crippen LogP contribution in [0.15, 0.2) is 0 Å². The number of carbonyl (C=O) groups is 2. The highest BCUT2D eigenvalue weighted by molar-refractivity contribution is 5.78. The number of carboxylic acid groups (broad SMARTS) is 1.